The van der Waals surface area contributed by atoms with Crippen LogP contribution in [0.15, 0.2) is 12.3 Å². The summed E-state index contributed by atoms with van der Waals surface area (Å²) in [7, 11) is 0. The lowest BCUT2D eigenvalue weighted by Crippen LogP contribution is -2.34. The molecule has 8 nitrogen and oxygen atoms in total. The van der Waals surface area contributed by atoms with Gasteiger partial charge in [-0.25, -0.2) is 4.98 Å². The maximum Gasteiger partial charge on any atom is 0.433 e. The fourth-order valence-electron chi connectivity index (χ4n) is 1.20. The van der Waals surface area contributed by atoms with Crippen molar-refractivity contribution in [3.05, 3.63) is 28.1 Å². The van der Waals surface area contributed by atoms with Gasteiger partial charge in [-0.15, -0.1) is 0 Å². The van der Waals surface area contributed by atoms with E-state index >= 15 is 0 Å². The predicted molar refractivity (Wildman–Crippen MR) is 59.6 cm³/mol. The van der Waals surface area contributed by atoms with Crippen molar-refractivity contribution in [3.63, 3.8) is 0 Å². The van der Waals surface area contributed by atoms with Crippen LogP contribution in [0.4, 0.5) is 24.5 Å². The Balaban J connectivity index is 3.07. The highest BCUT2D eigenvalue weighted by atomic mass is 19.4. The van der Waals surface area contributed by atoms with Crippen LogP contribution in [0.3, 0.4) is 0 Å². The Morgan fingerprint density at radius 3 is 2.65 bits per heavy atom. The van der Waals surface area contributed by atoms with E-state index in [4.69, 9.17) is 10.8 Å². The topological polar surface area (TPSA) is 131 Å². The minimum atomic E-state index is -4.78. The number of carbonyl (C=O) groups excluding carboxylic acids is 1. The fourth-order valence-corrected chi connectivity index (χ4v) is 1.20. The van der Waals surface area contributed by atoms with Crippen molar-refractivity contribution < 1.29 is 28.0 Å². The van der Waals surface area contributed by atoms with Gasteiger partial charge in [0.05, 0.1) is 11.5 Å². The number of nitrogens with two attached hydrogens (primary N) is 1. The normalized spacial score (nSPS) is 12.8. The molecule has 0 bridgehead atoms. The van der Waals surface area contributed by atoms with E-state index in [0.29, 0.717) is 12.3 Å². The molecule has 1 amide bonds. The second kappa shape index (κ2) is 5.69. The highest BCUT2D eigenvalue weighted by Crippen LogP contribution is 2.32. The van der Waals surface area contributed by atoms with Crippen molar-refractivity contribution in [1.29, 1.82) is 0 Å². The van der Waals surface area contributed by atoms with Gasteiger partial charge in [0.25, 0.3) is 0 Å². The number of primary amides is 1. The number of hydrogen-bond acceptors (Lipinski definition) is 6. The molecular weight excluding hydrogens is 285 g/mol. The zero-order valence-corrected chi connectivity index (χ0v) is 9.72. The van der Waals surface area contributed by atoms with Gasteiger partial charge in [-0.1, -0.05) is 0 Å². The van der Waals surface area contributed by atoms with Crippen LogP contribution in [-0.4, -0.2) is 33.6 Å². The molecule has 1 aromatic heterocycles. The first kappa shape index (κ1) is 15.6. The van der Waals surface area contributed by atoms with Gasteiger partial charge in [0, 0.05) is 0 Å². The number of alkyl halides is 3. The van der Waals surface area contributed by atoms with Gasteiger partial charge in [0.1, 0.15) is 23.7 Å². The van der Waals surface area contributed by atoms with Crippen LogP contribution in [0.1, 0.15) is 5.69 Å². The second-order valence-corrected chi connectivity index (χ2v) is 3.64. The molecule has 0 radical (unpaired) electrons. The molecule has 0 saturated carbocycles. The SMILES string of the molecule is NC(=O)C(O)CNc1cc(C(F)(F)F)ncc1[N+](=O)[O-]. The van der Waals surface area contributed by atoms with Crippen molar-refractivity contribution in [3.8, 4) is 0 Å². The van der Waals surface area contributed by atoms with Gasteiger partial charge in [-0.2, -0.15) is 13.2 Å². The number of carbonyl (C=O) groups is 1. The minimum Gasteiger partial charge on any atom is -0.381 e. The third-order valence-electron chi connectivity index (χ3n) is 2.18. The van der Waals surface area contributed by atoms with Crippen molar-refractivity contribution in [1.82, 2.24) is 4.98 Å². The number of nitrogens with zero attached hydrogens (tertiary/aromatic N) is 2. The number of anilines is 1. The highest BCUT2D eigenvalue weighted by molar-refractivity contribution is 5.79. The third-order valence-corrected chi connectivity index (χ3v) is 2.18. The summed E-state index contributed by atoms with van der Waals surface area (Å²) in [4.78, 5) is 23.2. The maximum atomic E-state index is 12.4. The molecule has 11 heteroatoms. The van der Waals surface area contributed by atoms with E-state index in [1.165, 1.54) is 0 Å². The number of nitro groups is 1. The van der Waals surface area contributed by atoms with Crippen molar-refractivity contribution >= 4 is 17.3 Å². The quantitative estimate of drug-likeness (QED) is 0.527. The van der Waals surface area contributed by atoms with Crippen LogP contribution in [0.25, 0.3) is 0 Å². The average Bonchev–Trinajstić information content (AvgIpc) is 2.34. The zero-order valence-electron chi connectivity index (χ0n) is 9.72. The molecule has 1 rings (SSSR count). The second-order valence-electron chi connectivity index (χ2n) is 3.64. The Hall–Kier alpha value is -2.43. The summed E-state index contributed by atoms with van der Waals surface area (Å²) in [6.45, 7) is -0.572. The van der Waals surface area contributed by atoms with E-state index in [1.807, 2.05) is 0 Å². The van der Waals surface area contributed by atoms with Gasteiger partial charge in [-0.05, 0) is 6.07 Å². The molecule has 20 heavy (non-hydrogen) atoms. The minimum absolute atomic E-state index is 0.409. The summed E-state index contributed by atoms with van der Waals surface area (Å²) < 4.78 is 37.3. The molecule has 1 aromatic rings. The summed E-state index contributed by atoms with van der Waals surface area (Å²) in [6.07, 6.45) is -6.05. The van der Waals surface area contributed by atoms with Gasteiger partial charge in [0.2, 0.25) is 5.91 Å². The number of halogens is 3. The molecule has 1 heterocycles. The van der Waals surface area contributed by atoms with Gasteiger partial charge in [0.15, 0.2) is 0 Å². The summed E-state index contributed by atoms with van der Waals surface area (Å²) in [5, 5.41) is 21.9. The summed E-state index contributed by atoms with van der Waals surface area (Å²) >= 11 is 0. The van der Waals surface area contributed by atoms with Crippen LogP contribution < -0.4 is 11.1 Å². The van der Waals surface area contributed by atoms with E-state index in [-0.39, 0.29) is 0 Å². The largest absolute Gasteiger partial charge is 0.433 e. The van der Waals surface area contributed by atoms with E-state index in [2.05, 4.69) is 10.3 Å². The number of nitrogens with one attached hydrogen (secondary N) is 1. The number of aliphatic hydroxyl groups is 1. The Morgan fingerprint density at radius 1 is 1.60 bits per heavy atom. The monoisotopic (exact) mass is 294 g/mol. The molecule has 1 unspecified atom stereocenters. The first-order valence-corrected chi connectivity index (χ1v) is 5.06. The number of aliphatic hydroxyl groups excluding tert-OH is 1. The lowest BCUT2D eigenvalue weighted by Gasteiger charge is -2.12. The van der Waals surface area contributed by atoms with Crippen LogP contribution in [0.2, 0.25) is 0 Å². The lowest BCUT2D eigenvalue weighted by molar-refractivity contribution is -0.384. The zero-order chi connectivity index (χ0) is 15.5. The molecule has 0 saturated heterocycles. The molecule has 0 aliphatic rings. The van der Waals surface area contributed by atoms with Crippen LogP contribution >= 0.6 is 0 Å². The molecule has 0 spiro atoms. The van der Waals surface area contributed by atoms with E-state index in [0.717, 1.165) is 0 Å². The van der Waals surface area contributed by atoms with Gasteiger partial charge in [-0.3, -0.25) is 14.9 Å². The Labute approximate surface area is 109 Å². The number of rotatable bonds is 5. The van der Waals surface area contributed by atoms with Crippen molar-refractivity contribution in [2.45, 2.75) is 12.3 Å². The Morgan fingerprint density at radius 2 is 2.20 bits per heavy atom. The van der Waals surface area contributed by atoms with E-state index < -0.39 is 46.7 Å². The maximum absolute atomic E-state index is 12.4. The average molecular weight is 294 g/mol. The standard InChI is InChI=1S/C9H9F3N4O4/c10-9(11,12)7-1-4(5(2-15-7)16(19)20)14-3-6(17)8(13)18/h1-2,6,17H,3H2,(H2,13,18)(H,14,15). The number of aromatic nitrogens is 1. The smallest absolute Gasteiger partial charge is 0.381 e. The van der Waals surface area contributed by atoms with Crippen LogP contribution in [0, 0.1) is 10.1 Å². The van der Waals surface area contributed by atoms with Crippen molar-refractivity contribution in [2.75, 3.05) is 11.9 Å². The summed E-state index contributed by atoms with van der Waals surface area (Å²) in [5.74, 6) is -1.12. The molecule has 1 atom stereocenters. The molecule has 0 aliphatic carbocycles. The number of pyridine rings is 1. The third kappa shape index (κ3) is 3.78. The number of amides is 1. The lowest BCUT2D eigenvalue weighted by atomic mass is 10.2. The van der Waals surface area contributed by atoms with Crippen molar-refractivity contribution in [2.24, 2.45) is 5.73 Å². The van der Waals surface area contributed by atoms with Crippen LogP contribution in [0.5, 0.6) is 0 Å². The van der Waals surface area contributed by atoms with Gasteiger partial charge < -0.3 is 16.2 Å². The Kier molecular flexibility index (Phi) is 4.45. The molecule has 0 aromatic carbocycles. The first-order valence-electron chi connectivity index (χ1n) is 5.06. The summed E-state index contributed by atoms with van der Waals surface area (Å²) in [6, 6.07) is 0.409. The molecule has 0 fully saturated rings. The predicted octanol–water partition coefficient (Wildman–Crippen LogP) is 0.267. The fraction of sp³-hybridized carbons (Fsp3) is 0.333. The molecular formula is C9H9F3N4O4. The highest BCUT2D eigenvalue weighted by Gasteiger charge is 2.34. The number of hydrogen-bond donors (Lipinski definition) is 3. The summed E-state index contributed by atoms with van der Waals surface area (Å²) in [5.41, 5.74) is 2.14. The van der Waals surface area contributed by atoms with E-state index in [9.17, 15) is 28.1 Å². The Bertz CT molecular complexity index is 534. The van der Waals surface area contributed by atoms with Crippen LogP contribution in [-0.2, 0) is 11.0 Å². The molecule has 4 N–H and O–H groups in total. The molecule has 0 aliphatic heterocycles. The van der Waals surface area contributed by atoms with Gasteiger partial charge >= 0.3 is 11.9 Å². The molecule has 110 valence electrons. The first-order chi connectivity index (χ1) is 9.12. The van der Waals surface area contributed by atoms with E-state index in [1.54, 1.807) is 0 Å².